The molecule has 0 bridgehead atoms. The number of nitrogens with zero attached hydrogens (tertiary/aromatic N) is 4. The van der Waals surface area contributed by atoms with Crippen molar-refractivity contribution in [3.8, 4) is 5.88 Å². The van der Waals surface area contributed by atoms with Gasteiger partial charge in [0.15, 0.2) is 0 Å². The van der Waals surface area contributed by atoms with Crippen molar-refractivity contribution in [1.82, 2.24) is 19.8 Å². The first-order valence-electron chi connectivity index (χ1n) is 9.69. The Morgan fingerprint density at radius 3 is 2.67 bits per heavy atom. The Balaban J connectivity index is 1.35. The summed E-state index contributed by atoms with van der Waals surface area (Å²) in [7, 11) is 3.48. The molecule has 27 heavy (non-hydrogen) atoms. The molecule has 0 unspecified atom stereocenters. The smallest absolute Gasteiger partial charge is 0.213 e. The van der Waals surface area contributed by atoms with Crippen molar-refractivity contribution in [1.29, 1.82) is 0 Å². The van der Waals surface area contributed by atoms with Gasteiger partial charge in [-0.3, -0.25) is 14.8 Å². The number of piperidine rings is 1. The summed E-state index contributed by atoms with van der Waals surface area (Å²) in [4.78, 5) is 13.9. The van der Waals surface area contributed by atoms with Gasteiger partial charge in [0.25, 0.3) is 0 Å². The highest BCUT2D eigenvalue weighted by Gasteiger charge is 2.44. The number of methoxy groups -OCH3 is 2. The molecule has 6 nitrogen and oxygen atoms in total. The zero-order valence-electron chi connectivity index (χ0n) is 16.1. The van der Waals surface area contributed by atoms with Gasteiger partial charge in [0.05, 0.1) is 24.9 Å². The van der Waals surface area contributed by atoms with Crippen LogP contribution in [0.25, 0.3) is 0 Å². The van der Waals surface area contributed by atoms with Gasteiger partial charge >= 0.3 is 0 Å². The fourth-order valence-electron chi connectivity index (χ4n) is 4.33. The van der Waals surface area contributed by atoms with E-state index >= 15 is 0 Å². The summed E-state index contributed by atoms with van der Waals surface area (Å²) in [6.07, 6.45) is 6.44. The summed E-state index contributed by atoms with van der Waals surface area (Å²) in [5.41, 5.74) is 2.34. The molecule has 4 heterocycles. The maximum atomic E-state index is 5.70. The molecular formula is C21H28N4O2. The second kappa shape index (κ2) is 8.33. The van der Waals surface area contributed by atoms with E-state index in [1.807, 2.05) is 37.7 Å². The van der Waals surface area contributed by atoms with Gasteiger partial charge in [-0.05, 0) is 30.5 Å². The van der Waals surface area contributed by atoms with Crippen molar-refractivity contribution in [2.45, 2.75) is 37.6 Å². The number of likely N-dealkylation sites (tertiary alicyclic amines) is 2. The third-order valence-corrected chi connectivity index (χ3v) is 5.83. The van der Waals surface area contributed by atoms with E-state index < -0.39 is 0 Å². The summed E-state index contributed by atoms with van der Waals surface area (Å²) in [5, 5.41) is 0. The highest BCUT2D eigenvalue weighted by Crippen LogP contribution is 2.39. The highest BCUT2D eigenvalue weighted by atomic mass is 16.5. The Bertz CT molecular complexity index is 734. The van der Waals surface area contributed by atoms with Crippen LogP contribution in [0.1, 0.15) is 30.1 Å². The lowest BCUT2D eigenvalue weighted by Crippen LogP contribution is -2.60. The van der Waals surface area contributed by atoms with Gasteiger partial charge in [-0.1, -0.05) is 12.1 Å². The molecule has 2 fully saturated rings. The third-order valence-electron chi connectivity index (χ3n) is 5.83. The average molecular weight is 368 g/mol. The lowest BCUT2D eigenvalue weighted by Gasteiger charge is -2.53. The van der Waals surface area contributed by atoms with E-state index in [1.165, 1.54) is 18.4 Å². The van der Waals surface area contributed by atoms with E-state index in [2.05, 4.69) is 31.9 Å². The summed E-state index contributed by atoms with van der Waals surface area (Å²) >= 11 is 0. The number of hydrogen-bond acceptors (Lipinski definition) is 6. The fourth-order valence-corrected chi connectivity index (χ4v) is 4.33. The van der Waals surface area contributed by atoms with Crippen molar-refractivity contribution in [3.05, 3.63) is 54.0 Å². The van der Waals surface area contributed by atoms with Crippen LogP contribution in [0.2, 0.25) is 0 Å². The first-order valence-corrected chi connectivity index (χ1v) is 9.69. The SMILES string of the molecule is COc1cccc(CN2CCC(N3C[C@H](OC)[C@@H]3c3cccnc3)CC2)n1. The molecule has 2 aliphatic heterocycles. The van der Waals surface area contributed by atoms with Gasteiger partial charge in [0.1, 0.15) is 0 Å². The Morgan fingerprint density at radius 2 is 1.96 bits per heavy atom. The van der Waals surface area contributed by atoms with Crippen molar-refractivity contribution >= 4 is 0 Å². The molecule has 0 amide bonds. The van der Waals surface area contributed by atoms with E-state index in [0.29, 0.717) is 18.0 Å². The first kappa shape index (κ1) is 18.3. The van der Waals surface area contributed by atoms with Crippen LogP contribution in [0.5, 0.6) is 5.88 Å². The van der Waals surface area contributed by atoms with Gasteiger partial charge in [-0.25, -0.2) is 4.98 Å². The van der Waals surface area contributed by atoms with E-state index in [4.69, 9.17) is 9.47 Å². The minimum atomic E-state index is 0.271. The molecule has 0 N–H and O–H groups in total. The third kappa shape index (κ3) is 3.98. The molecular weight excluding hydrogens is 340 g/mol. The molecule has 144 valence electrons. The second-order valence-electron chi connectivity index (χ2n) is 7.38. The summed E-state index contributed by atoms with van der Waals surface area (Å²) in [6, 6.07) is 11.1. The van der Waals surface area contributed by atoms with E-state index in [-0.39, 0.29) is 6.10 Å². The molecule has 0 saturated carbocycles. The number of pyridine rings is 2. The van der Waals surface area contributed by atoms with Crippen LogP contribution in [0.4, 0.5) is 0 Å². The lowest BCUT2D eigenvalue weighted by atomic mass is 9.87. The van der Waals surface area contributed by atoms with Crippen LogP contribution in [0.3, 0.4) is 0 Å². The van der Waals surface area contributed by atoms with Crippen LogP contribution in [-0.4, -0.2) is 65.8 Å². The maximum Gasteiger partial charge on any atom is 0.213 e. The van der Waals surface area contributed by atoms with Crippen molar-refractivity contribution in [2.24, 2.45) is 0 Å². The second-order valence-corrected chi connectivity index (χ2v) is 7.38. The molecule has 2 aromatic heterocycles. The van der Waals surface area contributed by atoms with Crippen LogP contribution >= 0.6 is 0 Å². The van der Waals surface area contributed by atoms with Gasteiger partial charge in [0, 0.05) is 57.8 Å². The van der Waals surface area contributed by atoms with Gasteiger partial charge in [-0.2, -0.15) is 0 Å². The van der Waals surface area contributed by atoms with Crippen LogP contribution < -0.4 is 4.74 Å². The molecule has 0 aromatic carbocycles. The van der Waals surface area contributed by atoms with Crippen LogP contribution in [0.15, 0.2) is 42.7 Å². The quantitative estimate of drug-likeness (QED) is 0.781. The molecule has 6 heteroatoms. The molecule has 4 rings (SSSR count). The van der Waals surface area contributed by atoms with Gasteiger partial charge < -0.3 is 9.47 Å². The zero-order chi connectivity index (χ0) is 18.6. The molecule has 2 saturated heterocycles. The molecule has 2 aliphatic rings. The number of rotatable bonds is 6. The number of aromatic nitrogens is 2. The Hall–Kier alpha value is -2.02. The Labute approximate surface area is 161 Å². The summed E-state index contributed by atoms with van der Waals surface area (Å²) < 4.78 is 10.9. The molecule has 2 atom stereocenters. The fraction of sp³-hybridized carbons (Fsp3) is 0.524. The van der Waals surface area contributed by atoms with E-state index in [1.54, 1.807) is 7.11 Å². The minimum Gasteiger partial charge on any atom is -0.481 e. The summed E-state index contributed by atoms with van der Waals surface area (Å²) in [6.45, 7) is 4.09. The van der Waals surface area contributed by atoms with Gasteiger partial charge in [-0.15, -0.1) is 0 Å². The number of hydrogen-bond donors (Lipinski definition) is 0. The van der Waals surface area contributed by atoms with Crippen molar-refractivity contribution in [2.75, 3.05) is 33.9 Å². The van der Waals surface area contributed by atoms with Crippen molar-refractivity contribution in [3.63, 3.8) is 0 Å². The van der Waals surface area contributed by atoms with Crippen molar-refractivity contribution < 1.29 is 9.47 Å². The predicted molar refractivity (Wildman–Crippen MR) is 104 cm³/mol. The van der Waals surface area contributed by atoms with E-state index in [9.17, 15) is 0 Å². The topological polar surface area (TPSA) is 50.7 Å². The average Bonchev–Trinajstić information content (AvgIpc) is 2.70. The monoisotopic (exact) mass is 368 g/mol. The molecule has 2 aromatic rings. The van der Waals surface area contributed by atoms with Crippen LogP contribution in [-0.2, 0) is 11.3 Å². The molecule has 0 spiro atoms. The number of ether oxygens (including phenoxy) is 2. The largest absolute Gasteiger partial charge is 0.481 e. The predicted octanol–water partition coefficient (Wildman–Crippen LogP) is 2.52. The minimum absolute atomic E-state index is 0.271. The van der Waals surface area contributed by atoms with Gasteiger partial charge in [0.2, 0.25) is 5.88 Å². The van der Waals surface area contributed by atoms with E-state index in [0.717, 1.165) is 31.9 Å². The Kier molecular flexibility index (Phi) is 5.66. The lowest BCUT2D eigenvalue weighted by molar-refractivity contribution is -0.117. The maximum absolute atomic E-state index is 5.70. The Morgan fingerprint density at radius 1 is 1.11 bits per heavy atom. The van der Waals surface area contributed by atoms with Crippen LogP contribution in [0, 0.1) is 0 Å². The summed E-state index contributed by atoms with van der Waals surface area (Å²) in [5.74, 6) is 0.688. The standard InChI is InChI=1S/C21H28N4O2/c1-26-19-15-25(21(19)16-5-4-10-22-13-16)18-8-11-24(12-9-18)14-17-6-3-7-20(23-17)27-2/h3-7,10,13,18-19,21H,8-9,11-12,14-15H2,1-2H3/t19-,21-/m0/s1. The molecule has 0 aliphatic carbocycles. The highest BCUT2D eigenvalue weighted by molar-refractivity contribution is 5.20. The molecule has 0 radical (unpaired) electrons. The zero-order valence-corrected chi connectivity index (χ0v) is 16.1. The first-order chi connectivity index (χ1) is 13.3. The normalized spacial score (nSPS) is 24.5.